The van der Waals surface area contributed by atoms with E-state index in [0.29, 0.717) is 5.75 Å². The van der Waals surface area contributed by atoms with E-state index in [1.54, 1.807) is 0 Å². The van der Waals surface area contributed by atoms with Crippen molar-refractivity contribution in [2.75, 3.05) is 0 Å². The smallest absolute Gasteiger partial charge is 0.224 e. The van der Waals surface area contributed by atoms with Gasteiger partial charge in [-0.3, -0.25) is 5.11 Å². The van der Waals surface area contributed by atoms with Gasteiger partial charge >= 0.3 is 0 Å². The molecular weight excluding hydrogens is 248 g/mol. The highest BCUT2D eigenvalue weighted by Crippen LogP contribution is 2.45. The Hall–Kier alpha value is -1.18. The summed E-state index contributed by atoms with van der Waals surface area (Å²) >= 11 is 0. The van der Waals surface area contributed by atoms with Gasteiger partial charge < -0.3 is 4.74 Å². The van der Waals surface area contributed by atoms with Gasteiger partial charge in [-0.2, -0.15) is 0 Å². The molecule has 0 fully saturated rings. The molecule has 1 radical (unpaired) electrons. The monoisotopic (exact) mass is 277 g/mol. The predicted octanol–water partition coefficient (Wildman–Crippen LogP) is 5.60. The minimum absolute atomic E-state index is 0.0276. The average Bonchev–Trinajstić information content (AvgIpc) is 2.15. The molecule has 0 atom stereocenters. The molecule has 20 heavy (non-hydrogen) atoms. The van der Waals surface area contributed by atoms with E-state index < -0.39 is 0 Å². The van der Waals surface area contributed by atoms with Crippen LogP contribution in [0, 0.1) is 0 Å². The lowest BCUT2D eigenvalue weighted by Crippen LogP contribution is -2.26. The Morgan fingerprint density at radius 2 is 1.15 bits per heavy atom. The predicted molar refractivity (Wildman–Crippen MR) is 84.4 cm³/mol. The van der Waals surface area contributed by atoms with Gasteiger partial charge in [-0.1, -0.05) is 53.7 Å². The molecule has 0 aliphatic heterocycles. The Kier molecular flexibility index (Phi) is 4.20. The summed E-state index contributed by atoms with van der Waals surface area (Å²) in [6, 6.07) is 4.00. The second-order valence-corrected chi connectivity index (χ2v) is 8.53. The number of rotatable bonds is 1. The molecule has 2 heteroatoms. The van der Waals surface area contributed by atoms with E-state index in [2.05, 4.69) is 41.5 Å². The SMILES string of the molecule is CC(C)(C)Oc1c(C(C)(C)C)ccc(C(C)(C)C)c1[O]. The Morgan fingerprint density at radius 1 is 0.750 bits per heavy atom. The molecule has 0 saturated carbocycles. The quantitative estimate of drug-likeness (QED) is 0.656. The van der Waals surface area contributed by atoms with Crippen LogP contribution in [-0.4, -0.2) is 5.60 Å². The molecule has 113 valence electrons. The van der Waals surface area contributed by atoms with Crippen LogP contribution >= 0.6 is 0 Å². The zero-order chi connectivity index (χ0) is 15.9. The van der Waals surface area contributed by atoms with E-state index in [9.17, 15) is 5.11 Å². The molecule has 0 amide bonds. The zero-order valence-corrected chi connectivity index (χ0v) is 14.5. The van der Waals surface area contributed by atoms with Crippen molar-refractivity contribution in [3.63, 3.8) is 0 Å². The second kappa shape index (κ2) is 4.98. The van der Waals surface area contributed by atoms with Gasteiger partial charge in [0, 0.05) is 11.1 Å². The van der Waals surface area contributed by atoms with Gasteiger partial charge in [-0.25, -0.2) is 0 Å². The summed E-state index contributed by atoms with van der Waals surface area (Å²) in [6.07, 6.45) is 0. The van der Waals surface area contributed by atoms with Crippen molar-refractivity contribution in [1.82, 2.24) is 0 Å². The minimum atomic E-state index is -0.379. The lowest BCUT2D eigenvalue weighted by molar-refractivity contribution is 0.118. The van der Waals surface area contributed by atoms with E-state index in [1.807, 2.05) is 32.9 Å². The van der Waals surface area contributed by atoms with Gasteiger partial charge in [0.25, 0.3) is 0 Å². The van der Waals surface area contributed by atoms with Crippen molar-refractivity contribution >= 4 is 0 Å². The van der Waals surface area contributed by atoms with Crippen LogP contribution in [0.4, 0.5) is 0 Å². The first-order valence-electron chi connectivity index (χ1n) is 7.27. The van der Waals surface area contributed by atoms with Crippen LogP contribution in [0.15, 0.2) is 12.1 Å². The number of ether oxygens (including phenoxy) is 1. The topological polar surface area (TPSA) is 29.1 Å². The number of hydrogen-bond acceptors (Lipinski definition) is 1. The normalized spacial score (nSPS) is 13.4. The summed E-state index contributed by atoms with van der Waals surface area (Å²) in [5, 5.41) is 12.8. The lowest BCUT2D eigenvalue weighted by Gasteiger charge is -2.30. The molecule has 0 heterocycles. The maximum absolute atomic E-state index is 12.8. The van der Waals surface area contributed by atoms with E-state index in [4.69, 9.17) is 4.74 Å². The van der Waals surface area contributed by atoms with Crippen LogP contribution in [0.5, 0.6) is 11.5 Å². The summed E-state index contributed by atoms with van der Waals surface area (Å²) in [4.78, 5) is 0. The maximum atomic E-state index is 12.8. The molecular formula is C18H29O2. The molecule has 0 saturated heterocycles. The third-order valence-corrected chi connectivity index (χ3v) is 3.14. The van der Waals surface area contributed by atoms with Gasteiger partial charge in [0.2, 0.25) is 5.75 Å². The Morgan fingerprint density at radius 3 is 1.50 bits per heavy atom. The van der Waals surface area contributed by atoms with Crippen molar-refractivity contribution in [3.8, 4) is 11.5 Å². The summed E-state index contributed by atoms with van der Waals surface area (Å²) < 4.78 is 6.01. The van der Waals surface area contributed by atoms with Crippen molar-refractivity contribution < 1.29 is 9.84 Å². The largest absolute Gasteiger partial charge is 0.484 e. The molecule has 0 N–H and O–H groups in total. The second-order valence-electron chi connectivity index (χ2n) is 8.53. The molecule has 0 aromatic heterocycles. The van der Waals surface area contributed by atoms with Gasteiger partial charge in [-0.15, -0.1) is 0 Å². The highest BCUT2D eigenvalue weighted by atomic mass is 16.5. The standard InChI is InChI=1S/C18H29O2/c1-16(2,3)12-10-11-13(17(4,5)6)15(14(12)19)20-18(7,8)9/h10-11H,1-9H3. The summed E-state index contributed by atoms with van der Waals surface area (Å²) in [5.41, 5.74) is 1.12. The number of hydrogen-bond donors (Lipinski definition) is 0. The van der Waals surface area contributed by atoms with Gasteiger partial charge in [0.05, 0.1) is 0 Å². The van der Waals surface area contributed by atoms with Crippen LogP contribution in [0.2, 0.25) is 0 Å². The first-order chi connectivity index (χ1) is 8.73. The molecule has 2 nitrogen and oxygen atoms in total. The van der Waals surface area contributed by atoms with Crippen molar-refractivity contribution in [2.45, 2.75) is 78.7 Å². The molecule has 1 aromatic carbocycles. The fraction of sp³-hybridized carbons (Fsp3) is 0.667. The van der Waals surface area contributed by atoms with Crippen LogP contribution in [0.3, 0.4) is 0 Å². The Balaban J connectivity index is 3.55. The van der Waals surface area contributed by atoms with Crippen molar-refractivity contribution in [2.24, 2.45) is 0 Å². The fourth-order valence-electron chi connectivity index (χ4n) is 2.15. The molecule has 0 spiro atoms. The van der Waals surface area contributed by atoms with Crippen LogP contribution in [0.1, 0.15) is 73.4 Å². The van der Waals surface area contributed by atoms with Gasteiger partial charge in [0.15, 0.2) is 5.75 Å². The lowest BCUT2D eigenvalue weighted by atomic mass is 9.80. The van der Waals surface area contributed by atoms with Crippen molar-refractivity contribution in [3.05, 3.63) is 23.3 Å². The first kappa shape index (κ1) is 16.9. The average molecular weight is 277 g/mol. The Labute approximate surface area is 124 Å². The van der Waals surface area contributed by atoms with Crippen molar-refractivity contribution in [1.29, 1.82) is 0 Å². The van der Waals surface area contributed by atoms with Gasteiger partial charge in [-0.05, 0) is 31.6 Å². The molecule has 0 unspecified atom stereocenters. The van der Waals surface area contributed by atoms with E-state index in [0.717, 1.165) is 11.1 Å². The van der Waals surface area contributed by atoms with E-state index in [1.165, 1.54) is 0 Å². The molecule has 0 aliphatic rings. The maximum Gasteiger partial charge on any atom is 0.224 e. The van der Waals surface area contributed by atoms with E-state index >= 15 is 0 Å². The minimum Gasteiger partial charge on any atom is -0.484 e. The van der Waals surface area contributed by atoms with Crippen LogP contribution in [-0.2, 0) is 15.9 Å². The van der Waals surface area contributed by atoms with Crippen LogP contribution in [0.25, 0.3) is 0 Å². The third kappa shape index (κ3) is 3.91. The first-order valence-corrected chi connectivity index (χ1v) is 7.27. The molecule has 1 rings (SSSR count). The third-order valence-electron chi connectivity index (χ3n) is 3.14. The number of benzene rings is 1. The summed E-state index contributed by atoms with van der Waals surface area (Å²) in [6.45, 7) is 18.4. The molecule has 0 aliphatic carbocycles. The molecule has 1 aromatic rings. The fourth-order valence-corrected chi connectivity index (χ4v) is 2.15. The molecule has 0 bridgehead atoms. The highest BCUT2D eigenvalue weighted by molar-refractivity contribution is 5.55. The summed E-state index contributed by atoms with van der Waals surface area (Å²) in [5.74, 6) is 0.539. The van der Waals surface area contributed by atoms with Gasteiger partial charge in [0.1, 0.15) is 5.60 Å². The Bertz CT molecular complexity index is 480. The van der Waals surface area contributed by atoms with Crippen LogP contribution < -0.4 is 4.74 Å². The highest BCUT2D eigenvalue weighted by Gasteiger charge is 2.30. The van der Waals surface area contributed by atoms with E-state index in [-0.39, 0.29) is 22.2 Å². The zero-order valence-electron chi connectivity index (χ0n) is 14.5. The summed E-state index contributed by atoms with van der Waals surface area (Å²) in [7, 11) is 0.